The molecule has 1 heterocycles. The number of nitrogens with zero attached hydrogens (tertiary/aromatic N) is 2. The van der Waals surface area contributed by atoms with Crippen molar-refractivity contribution in [2.75, 3.05) is 13.3 Å². The Bertz CT molecular complexity index is 760. The molecular formula is C14H16F2N2O2S2. The molecule has 0 atom stereocenters. The number of rotatable bonds is 6. The summed E-state index contributed by atoms with van der Waals surface area (Å²) < 4.78 is 48.5. The average molecular weight is 346 g/mol. The summed E-state index contributed by atoms with van der Waals surface area (Å²) >= 11 is 1.30. The van der Waals surface area contributed by atoms with Crippen molar-refractivity contribution in [3.63, 3.8) is 0 Å². The van der Waals surface area contributed by atoms with Crippen molar-refractivity contribution >= 4 is 21.2 Å². The highest BCUT2D eigenvalue weighted by molar-refractivity contribution is 7.90. The highest BCUT2D eigenvalue weighted by Crippen LogP contribution is 2.16. The highest BCUT2D eigenvalue weighted by atomic mass is 32.2. The Morgan fingerprint density at radius 2 is 1.95 bits per heavy atom. The monoisotopic (exact) mass is 346 g/mol. The van der Waals surface area contributed by atoms with Crippen LogP contribution in [0.1, 0.15) is 16.3 Å². The van der Waals surface area contributed by atoms with E-state index in [1.807, 2.05) is 17.3 Å². The fourth-order valence-corrected chi connectivity index (χ4v) is 3.99. The van der Waals surface area contributed by atoms with Gasteiger partial charge >= 0.3 is 0 Å². The van der Waals surface area contributed by atoms with E-state index < -0.39 is 21.5 Å². The van der Waals surface area contributed by atoms with E-state index in [2.05, 4.69) is 4.98 Å². The van der Waals surface area contributed by atoms with Crippen LogP contribution in [0.2, 0.25) is 0 Å². The molecule has 0 aliphatic rings. The lowest BCUT2D eigenvalue weighted by molar-refractivity contribution is 0.314. The van der Waals surface area contributed by atoms with E-state index >= 15 is 0 Å². The number of halogens is 2. The molecule has 0 saturated heterocycles. The smallest absolute Gasteiger partial charge is 0.159 e. The van der Waals surface area contributed by atoms with Gasteiger partial charge in [-0.1, -0.05) is 6.07 Å². The third-order valence-corrected chi connectivity index (χ3v) is 4.73. The molecule has 1 aromatic carbocycles. The lowest BCUT2D eigenvalue weighted by atomic mass is 10.2. The summed E-state index contributed by atoms with van der Waals surface area (Å²) in [7, 11) is -1.26. The molecule has 120 valence electrons. The van der Waals surface area contributed by atoms with E-state index in [9.17, 15) is 17.2 Å². The minimum atomic E-state index is -3.09. The summed E-state index contributed by atoms with van der Waals surface area (Å²) in [6, 6.07) is 3.80. The lowest BCUT2D eigenvalue weighted by Gasteiger charge is -2.15. The molecule has 8 heteroatoms. The first-order chi connectivity index (χ1) is 10.2. The van der Waals surface area contributed by atoms with Crippen molar-refractivity contribution in [1.29, 1.82) is 0 Å². The molecule has 0 saturated carbocycles. The quantitative estimate of drug-likeness (QED) is 0.807. The fourth-order valence-electron chi connectivity index (χ4n) is 1.99. The second-order valence-corrected chi connectivity index (χ2v) is 8.31. The van der Waals surface area contributed by atoms with Crippen LogP contribution < -0.4 is 0 Å². The minimum absolute atomic E-state index is 0.0649. The predicted octanol–water partition coefficient (Wildman–Crippen LogP) is 2.60. The molecule has 0 bridgehead atoms. The summed E-state index contributed by atoms with van der Waals surface area (Å²) in [6.45, 7) is 0.940. The number of sulfone groups is 1. The molecule has 22 heavy (non-hydrogen) atoms. The van der Waals surface area contributed by atoms with E-state index in [-0.39, 0.29) is 5.75 Å². The van der Waals surface area contributed by atoms with Gasteiger partial charge in [0.1, 0.15) is 10.8 Å². The standard InChI is InChI=1S/C14H16F2N2O2S2/c1-18(6-10-3-4-12(15)13(16)5-10)7-11-8-21-14(17-11)9-22(2,19)20/h3-5,8H,6-7,9H2,1-2H3. The molecule has 2 rings (SSSR count). The van der Waals surface area contributed by atoms with Gasteiger partial charge in [-0.25, -0.2) is 22.2 Å². The summed E-state index contributed by atoms with van der Waals surface area (Å²) in [5.41, 5.74) is 1.42. The molecule has 1 aromatic heterocycles. The summed E-state index contributed by atoms with van der Waals surface area (Å²) in [5, 5.41) is 2.36. The van der Waals surface area contributed by atoms with Crippen molar-refractivity contribution in [3.8, 4) is 0 Å². The Kier molecular flexibility index (Phi) is 5.25. The van der Waals surface area contributed by atoms with Gasteiger partial charge in [-0.05, 0) is 24.7 Å². The topological polar surface area (TPSA) is 50.3 Å². The van der Waals surface area contributed by atoms with Gasteiger partial charge in [-0.15, -0.1) is 11.3 Å². The van der Waals surface area contributed by atoms with E-state index in [4.69, 9.17) is 0 Å². The summed E-state index contributed by atoms with van der Waals surface area (Å²) in [4.78, 5) is 6.17. The third-order valence-electron chi connectivity index (χ3n) is 2.85. The van der Waals surface area contributed by atoms with Crippen LogP contribution in [-0.4, -0.2) is 31.6 Å². The van der Waals surface area contributed by atoms with Gasteiger partial charge in [0, 0.05) is 24.7 Å². The minimum Gasteiger partial charge on any atom is -0.296 e. The average Bonchev–Trinajstić information content (AvgIpc) is 2.78. The predicted molar refractivity (Wildman–Crippen MR) is 82.2 cm³/mol. The summed E-state index contributed by atoms with van der Waals surface area (Å²) in [5.74, 6) is -1.80. The van der Waals surface area contributed by atoms with E-state index in [0.29, 0.717) is 23.7 Å². The zero-order valence-corrected chi connectivity index (χ0v) is 13.8. The zero-order chi connectivity index (χ0) is 16.3. The first-order valence-electron chi connectivity index (χ1n) is 6.46. The van der Waals surface area contributed by atoms with Crippen molar-refractivity contribution < 1.29 is 17.2 Å². The van der Waals surface area contributed by atoms with E-state index in [0.717, 1.165) is 11.8 Å². The molecule has 4 nitrogen and oxygen atoms in total. The van der Waals surface area contributed by atoms with Crippen LogP contribution in [0.4, 0.5) is 8.78 Å². The third kappa shape index (κ3) is 5.11. The maximum atomic E-state index is 13.2. The highest BCUT2D eigenvalue weighted by Gasteiger charge is 2.11. The molecule has 0 N–H and O–H groups in total. The molecular weight excluding hydrogens is 330 g/mol. The number of benzene rings is 1. The van der Waals surface area contributed by atoms with E-state index in [1.165, 1.54) is 29.7 Å². The van der Waals surface area contributed by atoms with Crippen LogP contribution in [0.25, 0.3) is 0 Å². The molecule has 0 radical (unpaired) electrons. The normalized spacial score (nSPS) is 12.0. The molecule has 0 spiro atoms. The van der Waals surface area contributed by atoms with Crippen molar-refractivity contribution in [2.24, 2.45) is 0 Å². The van der Waals surface area contributed by atoms with Crippen molar-refractivity contribution in [1.82, 2.24) is 9.88 Å². The Morgan fingerprint density at radius 1 is 1.23 bits per heavy atom. The van der Waals surface area contributed by atoms with Gasteiger partial charge in [-0.3, -0.25) is 4.90 Å². The maximum absolute atomic E-state index is 13.2. The van der Waals surface area contributed by atoms with Crippen LogP contribution >= 0.6 is 11.3 Å². The van der Waals surface area contributed by atoms with Crippen LogP contribution in [0.5, 0.6) is 0 Å². The number of hydrogen-bond acceptors (Lipinski definition) is 5. The van der Waals surface area contributed by atoms with Crippen LogP contribution in [-0.2, 0) is 28.7 Å². The molecule has 0 aliphatic carbocycles. The molecule has 0 aliphatic heterocycles. The number of thiazole rings is 1. The van der Waals surface area contributed by atoms with Crippen molar-refractivity contribution in [2.45, 2.75) is 18.8 Å². The first-order valence-corrected chi connectivity index (χ1v) is 9.40. The van der Waals surface area contributed by atoms with Gasteiger partial charge in [-0.2, -0.15) is 0 Å². The number of hydrogen-bond donors (Lipinski definition) is 0. The lowest BCUT2D eigenvalue weighted by Crippen LogP contribution is -2.17. The van der Waals surface area contributed by atoms with Gasteiger partial charge in [0.05, 0.1) is 5.69 Å². The Labute approximate surface area is 132 Å². The molecule has 0 fully saturated rings. The largest absolute Gasteiger partial charge is 0.296 e. The Hall–Kier alpha value is -1.38. The van der Waals surface area contributed by atoms with Crippen LogP contribution in [0, 0.1) is 11.6 Å². The molecule has 0 unspecified atom stereocenters. The van der Waals surface area contributed by atoms with Crippen LogP contribution in [0.3, 0.4) is 0 Å². The second kappa shape index (κ2) is 6.80. The summed E-state index contributed by atoms with van der Waals surface area (Å²) in [6.07, 6.45) is 1.17. The fraction of sp³-hybridized carbons (Fsp3) is 0.357. The first kappa shape index (κ1) is 17.0. The van der Waals surface area contributed by atoms with Gasteiger partial charge in [0.25, 0.3) is 0 Å². The van der Waals surface area contributed by atoms with Crippen molar-refractivity contribution in [3.05, 3.63) is 51.5 Å². The molecule has 2 aromatic rings. The number of aromatic nitrogens is 1. The Morgan fingerprint density at radius 3 is 2.59 bits per heavy atom. The second-order valence-electron chi connectivity index (χ2n) is 5.22. The van der Waals surface area contributed by atoms with Gasteiger partial charge < -0.3 is 0 Å². The van der Waals surface area contributed by atoms with Gasteiger partial charge in [0.15, 0.2) is 21.5 Å². The maximum Gasteiger partial charge on any atom is 0.159 e. The SMILES string of the molecule is CN(Cc1ccc(F)c(F)c1)Cc1csc(CS(C)(=O)=O)n1. The molecule has 0 amide bonds. The zero-order valence-electron chi connectivity index (χ0n) is 12.2. The van der Waals surface area contributed by atoms with Gasteiger partial charge in [0.2, 0.25) is 0 Å². The Balaban J connectivity index is 1.97. The van der Waals surface area contributed by atoms with E-state index in [1.54, 1.807) is 0 Å². The van der Waals surface area contributed by atoms with Crippen LogP contribution in [0.15, 0.2) is 23.6 Å².